The van der Waals surface area contributed by atoms with Crippen LogP contribution in [-0.2, 0) is 56.0 Å². The van der Waals surface area contributed by atoms with Crippen molar-refractivity contribution in [3.63, 3.8) is 0 Å². The number of hydrogen-bond acceptors (Lipinski definition) is 13. The van der Waals surface area contributed by atoms with Crippen LogP contribution in [0.15, 0.2) is 64.7 Å². The molecular weight excluding hydrogens is 995 g/mol. The summed E-state index contributed by atoms with van der Waals surface area (Å²) in [5.41, 5.74) is 30.2. The third-order valence-corrected chi connectivity index (χ3v) is 13.5. The normalized spacial score (nSPS) is 22.8. The number of guanidine groups is 2. The number of fused-ring (bicyclic) bond motifs is 2. The molecule has 0 unspecified atom stereocenters. The molecule has 2 aliphatic heterocycles. The predicted octanol–water partition coefficient (Wildman–Crippen LogP) is -1.82. The van der Waals surface area contributed by atoms with E-state index in [1.807, 2.05) is 30.3 Å². The zero-order chi connectivity index (χ0) is 56.2. The predicted molar refractivity (Wildman–Crippen MR) is 283 cm³/mol. The number of hydrogen-bond donors (Lipinski definition) is 12. The summed E-state index contributed by atoms with van der Waals surface area (Å²) in [6.45, 7) is 1.01. The molecule has 25 heteroatoms. The van der Waals surface area contributed by atoms with Gasteiger partial charge in [0, 0.05) is 87.7 Å². The summed E-state index contributed by atoms with van der Waals surface area (Å²) in [6, 6.07) is 8.95. The van der Waals surface area contributed by atoms with Crippen LogP contribution >= 0.6 is 0 Å². The van der Waals surface area contributed by atoms with Gasteiger partial charge in [-0.2, -0.15) is 5.26 Å². The van der Waals surface area contributed by atoms with Crippen molar-refractivity contribution in [3.8, 4) is 6.07 Å². The van der Waals surface area contributed by atoms with Gasteiger partial charge in [0.1, 0.15) is 30.0 Å². The number of rotatable bonds is 16. The first kappa shape index (κ1) is 59.5. The molecule has 0 aliphatic carbocycles. The molecule has 5 rings (SSSR count). The Morgan fingerprint density at radius 3 is 2.22 bits per heavy atom. The molecule has 25 nitrogen and oxygen atoms in total. The van der Waals surface area contributed by atoms with Crippen molar-refractivity contribution in [1.82, 2.24) is 36.5 Å². The van der Waals surface area contributed by atoms with Crippen molar-refractivity contribution in [3.05, 3.63) is 71.4 Å². The Morgan fingerprint density at radius 2 is 1.55 bits per heavy atom. The second kappa shape index (κ2) is 29.0. The molecule has 0 spiro atoms. The highest BCUT2D eigenvalue weighted by Gasteiger charge is 2.43. The number of nitrogens with two attached hydrogens (primary N) is 5. The van der Waals surface area contributed by atoms with E-state index >= 15 is 0 Å². The highest BCUT2D eigenvalue weighted by atomic mass is 16.3. The molecule has 2 aliphatic rings. The summed E-state index contributed by atoms with van der Waals surface area (Å²) in [5, 5.41) is 34.7. The number of nitrogens with one attached hydrogen (secondary N) is 6. The lowest BCUT2D eigenvalue weighted by Crippen LogP contribution is -2.57. The molecule has 17 N–H and O–H groups in total. The van der Waals surface area contributed by atoms with Crippen molar-refractivity contribution in [2.24, 2.45) is 50.5 Å². The summed E-state index contributed by atoms with van der Waals surface area (Å²) in [7, 11) is 0. The van der Waals surface area contributed by atoms with Crippen molar-refractivity contribution in [2.75, 3.05) is 26.2 Å². The van der Waals surface area contributed by atoms with E-state index in [0.29, 0.717) is 16.7 Å². The minimum absolute atomic E-state index is 0.0130. The van der Waals surface area contributed by atoms with E-state index in [1.165, 1.54) is 19.1 Å². The van der Waals surface area contributed by atoms with Crippen LogP contribution in [0.2, 0.25) is 0 Å². The Hall–Kier alpha value is -8.40. The molecule has 7 amide bonds. The number of carbonyl (C=O) groups excluding carboxylic acids is 9. The number of Topliss-reactive ketones (excluding diaryl/α,β-unsaturated/α-hetero) is 2. The Labute approximate surface area is 445 Å². The Morgan fingerprint density at radius 1 is 0.857 bits per heavy atom. The first-order chi connectivity index (χ1) is 36.7. The number of aliphatic imine (C=N–C) groups is 2. The van der Waals surface area contributed by atoms with Gasteiger partial charge in [-0.15, -0.1) is 0 Å². The van der Waals surface area contributed by atoms with Crippen LogP contribution in [0.5, 0.6) is 0 Å². The van der Waals surface area contributed by atoms with E-state index in [1.54, 1.807) is 18.3 Å². The minimum Gasteiger partial charge on any atom is -0.391 e. The van der Waals surface area contributed by atoms with Gasteiger partial charge in [-0.1, -0.05) is 30.3 Å². The van der Waals surface area contributed by atoms with E-state index in [9.17, 15) is 53.5 Å². The number of H-pyrrole nitrogens is 1. The van der Waals surface area contributed by atoms with Gasteiger partial charge < -0.3 is 70.2 Å². The molecule has 414 valence electrons. The highest BCUT2D eigenvalue weighted by molar-refractivity contribution is 5.98. The lowest BCUT2D eigenvalue weighted by atomic mass is 9.83. The van der Waals surface area contributed by atoms with Crippen molar-refractivity contribution < 1.29 is 48.3 Å². The van der Waals surface area contributed by atoms with Gasteiger partial charge in [-0.25, -0.2) is 0 Å². The van der Waals surface area contributed by atoms with Crippen molar-refractivity contribution in [1.29, 1.82) is 5.26 Å². The molecule has 0 bridgehead atoms. The molecular formula is C52H71N15O10. The molecule has 8 atom stereocenters. The van der Waals surface area contributed by atoms with Crippen molar-refractivity contribution >= 4 is 75.7 Å². The number of primary amides is 1. The number of aromatic nitrogens is 1. The second-order valence-electron chi connectivity index (χ2n) is 19.5. The fourth-order valence-corrected chi connectivity index (χ4v) is 9.53. The summed E-state index contributed by atoms with van der Waals surface area (Å²) in [4.78, 5) is 138. The number of nitriles is 1. The van der Waals surface area contributed by atoms with Gasteiger partial charge in [0.15, 0.2) is 17.7 Å². The maximum absolute atomic E-state index is 14.8. The SMILES string of the molecule is CC(=O)N[C@@H](CCCN=C(N)N)C(=O)N[C@H]1CCC(=O)NCCC[C@@H](C(N)=O)NC(=O)[C@H](Cc2c[nH]c3ccccc23)CC(=O)[C@H](CCCN=C(N)N)CC(=O)[C@@H](Cc2ccc(C#N)cc2)NC(=O)[C@@H]2C[C@@H](O)CN2C1=O. The van der Waals surface area contributed by atoms with Gasteiger partial charge in [-0.05, 0) is 87.1 Å². The van der Waals surface area contributed by atoms with Crippen LogP contribution in [0.4, 0.5) is 0 Å². The van der Waals surface area contributed by atoms with Crippen molar-refractivity contribution in [2.45, 2.75) is 127 Å². The van der Waals surface area contributed by atoms with Crippen LogP contribution in [0.3, 0.4) is 0 Å². The van der Waals surface area contributed by atoms with Crippen LogP contribution < -0.4 is 55.3 Å². The summed E-state index contributed by atoms with van der Waals surface area (Å²) in [5.74, 6) is -8.80. The Balaban J connectivity index is 1.55. The molecule has 3 aromatic rings. The quantitative estimate of drug-likeness (QED) is 0.0427. The smallest absolute Gasteiger partial charge is 0.245 e. The van der Waals surface area contributed by atoms with E-state index in [0.717, 1.165) is 15.8 Å². The largest absolute Gasteiger partial charge is 0.391 e. The molecule has 0 radical (unpaired) electrons. The molecule has 77 heavy (non-hydrogen) atoms. The monoisotopic (exact) mass is 1070 g/mol. The molecule has 3 heterocycles. The van der Waals surface area contributed by atoms with Crippen LogP contribution in [-0.4, -0.2) is 142 Å². The molecule has 1 aromatic heterocycles. The van der Waals surface area contributed by atoms with Gasteiger partial charge in [0.2, 0.25) is 41.4 Å². The van der Waals surface area contributed by atoms with E-state index in [4.69, 9.17) is 28.7 Å². The van der Waals surface area contributed by atoms with Gasteiger partial charge in [0.25, 0.3) is 0 Å². The number of carbonyl (C=O) groups is 9. The fourth-order valence-electron chi connectivity index (χ4n) is 9.53. The molecule has 2 aromatic carbocycles. The number of benzene rings is 2. The summed E-state index contributed by atoms with van der Waals surface area (Å²) >= 11 is 0. The third kappa shape index (κ3) is 18.4. The van der Waals surface area contributed by atoms with Gasteiger partial charge in [-0.3, -0.25) is 53.1 Å². The average Bonchev–Trinajstić information content (AvgIpc) is 4.02. The lowest BCUT2D eigenvalue weighted by molar-refractivity contribution is -0.143. The van der Waals surface area contributed by atoms with Gasteiger partial charge >= 0.3 is 0 Å². The van der Waals surface area contributed by atoms with Gasteiger partial charge in [0.05, 0.1) is 23.8 Å². The number of aliphatic hydroxyl groups excluding tert-OH is 1. The topological polar surface area (TPSA) is 432 Å². The van der Waals surface area contributed by atoms with Crippen LogP contribution in [0.1, 0.15) is 94.2 Å². The third-order valence-electron chi connectivity index (χ3n) is 13.5. The summed E-state index contributed by atoms with van der Waals surface area (Å²) < 4.78 is 0. The maximum atomic E-state index is 14.8. The second-order valence-corrected chi connectivity index (χ2v) is 19.5. The minimum atomic E-state index is -1.50. The molecule has 2 saturated heterocycles. The Kier molecular flexibility index (Phi) is 22.4. The standard InChI is InChI=1S/C52H71N15O10/c1-29(68)63-39(11-6-20-61-52(57)58)48(75)65-40-16-17-45(72)59-18-5-10-38(46(54)73)64-47(74)33(22-34-27-62-37-9-3-2-8-36(34)37)24-43(70)32(7-4-19-60-51(55)56)23-44(71)41(21-30-12-14-31(26-53)15-13-30)66-49(76)42-25-35(69)28-67(42)50(40)77/h2-3,8-9,12-15,27,32-33,35,38-42,62,69H,4-7,10-11,16-25,28H2,1H3,(H2,54,73)(H,59,72)(H,63,68)(H,64,74)(H,65,75)(H,66,76)(H4,55,56,60)(H4,57,58,61)/t32-,33-,35-,38+,39+,40+,41-,42+/m1/s1. The van der Waals surface area contributed by atoms with Crippen LogP contribution in [0.25, 0.3) is 10.9 Å². The van der Waals surface area contributed by atoms with E-state index in [-0.39, 0.29) is 109 Å². The number of ketones is 2. The summed E-state index contributed by atoms with van der Waals surface area (Å²) in [6.07, 6.45) is -0.749. The number of aromatic amines is 1. The maximum Gasteiger partial charge on any atom is 0.245 e. The zero-order valence-corrected chi connectivity index (χ0v) is 43.1. The zero-order valence-electron chi connectivity index (χ0n) is 43.1. The van der Waals surface area contributed by atoms with E-state index < -0.39 is 114 Å². The number of amides is 7. The number of para-hydroxylation sites is 1. The first-order valence-electron chi connectivity index (χ1n) is 25.7. The molecule has 0 saturated carbocycles. The first-order valence-corrected chi connectivity index (χ1v) is 25.7. The highest BCUT2D eigenvalue weighted by Crippen LogP contribution is 2.27. The van der Waals surface area contributed by atoms with E-state index in [2.05, 4.69) is 41.6 Å². The fraction of sp³-hybridized carbons (Fsp3) is 0.500. The lowest BCUT2D eigenvalue weighted by Gasteiger charge is -2.30. The number of nitrogens with zero attached hydrogens (tertiary/aromatic N) is 4. The number of aliphatic hydroxyl groups is 1. The van der Waals surface area contributed by atoms with Crippen LogP contribution in [0, 0.1) is 23.2 Å². The molecule has 2 fully saturated rings. The average molecular weight is 1070 g/mol. The Bertz CT molecular complexity index is 2710.